The zero-order chi connectivity index (χ0) is 12.1. The molecule has 5 heteroatoms. The molecule has 2 rings (SSSR count). The van der Waals surface area contributed by atoms with Crippen LogP contribution in [0, 0.1) is 0 Å². The fraction of sp³-hybridized carbons (Fsp3) is 0.167. The number of H-pyrrole nitrogens is 1. The van der Waals surface area contributed by atoms with Gasteiger partial charge in [-0.05, 0) is 17.7 Å². The number of carbonyl (C=O) groups is 1. The average Bonchev–Trinajstić information content (AvgIpc) is 2.82. The van der Waals surface area contributed by atoms with Crippen molar-refractivity contribution in [1.29, 1.82) is 0 Å². The second-order valence-corrected chi connectivity index (χ2v) is 3.73. The van der Waals surface area contributed by atoms with Gasteiger partial charge in [0.2, 0.25) is 5.91 Å². The molecule has 5 nitrogen and oxygen atoms in total. The summed E-state index contributed by atoms with van der Waals surface area (Å²) in [6.07, 6.45) is 1.94. The molecule has 0 unspecified atom stereocenters. The van der Waals surface area contributed by atoms with E-state index < -0.39 is 0 Å². The van der Waals surface area contributed by atoms with Crippen molar-refractivity contribution < 1.29 is 4.79 Å². The molecule has 0 radical (unpaired) electrons. The molecule has 0 aliphatic carbocycles. The van der Waals surface area contributed by atoms with Gasteiger partial charge in [-0.25, -0.2) is 0 Å². The Balaban J connectivity index is 1.87. The van der Waals surface area contributed by atoms with E-state index in [-0.39, 0.29) is 5.91 Å². The Hall–Kier alpha value is -2.30. The number of anilines is 1. The average molecular weight is 230 g/mol. The number of nitrogens with zero attached hydrogens (tertiary/aromatic N) is 1. The van der Waals surface area contributed by atoms with E-state index in [0.29, 0.717) is 18.7 Å². The van der Waals surface area contributed by atoms with Crippen molar-refractivity contribution in [2.75, 3.05) is 5.73 Å². The zero-order valence-corrected chi connectivity index (χ0v) is 9.31. The van der Waals surface area contributed by atoms with Crippen molar-refractivity contribution >= 4 is 11.6 Å². The second kappa shape index (κ2) is 5.16. The maximum Gasteiger partial charge on any atom is 0.224 e. The highest BCUT2D eigenvalue weighted by atomic mass is 16.1. The largest absolute Gasteiger partial charge is 0.398 e. The number of benzene rings is 1. The number of hydrogen-bond donors (Lipinski definition) is 3. The lowest BCUT2D eigenvalue weighted by Crippen LogP contribution is -2.25. The summed E-state index contributed by atoms with van der Waals surface area (Å²) < 4.78 is 0. The summed E-state index contributed by atoms with van der Waals surface area (Å²) in [4.78, 5) is 11.7. The summed E-state index contributed by atoms with van der Waals surface area (Å²) in [7, 11) is 0. The highest BCUT2D eigenvalue weighted by molar-refractivity contribution is 5.80. The Bertz CT molecular complexity index is 493. The van der Waals surface area contributed by atoms with Crippen molar-refractivity contribution in [2.45, 2.75) is 13.0 Å². The van der Waals surface area contributed by atoms with Crippen molar-refractivity contribution in [3.63, 3.8) is 0 Å². The molecule has 0 bridgehead atoms. The van der Waals surface area contributed by atoms with Crippen LogP contribution < -0.4 is 11.1 Å². The first-order valence-electron chi connectivity index (χ1n) is 5.34. The third-order valence-electron chi connectivity index (χ3n) is 2.44. The van der Waals surface area contributed by atoms with Crippen LogP contribution in [0.4, 0.5) is 5.69 Å². The Morgan fingerprint density at radius 3 is 2.88 bits per heavy atom. The van der Waals surface area contributed by atoms with Crippen LogP contribution in [0.2, 0.25) is 0 Å². The number of aromatic amines is 1. The van der Waals surface area contributed by atoms with Gasteiger partial charge in [-0.2, -0.15) is 5.10 Å². The normalized spacial score (nSPS) is 10.1. The van der Waals surface area contributed by atoms with Crippen LogP contribution in [0.25, 0.3) is 0 Å². The number of nitrogens with one attached hydrogen (secondary N) is 2. The lowest BCUT2D eigenvalue weighted by atomic mass is 10.1. The summed E-state index contributed by atoms with van der Waals surface area (Å²) in [5, 5.41) is 9.38. The lowest BCUT2D eigenvalue weighted by molar-refractivity contribution is -0.120. The van der Waals surface area contributed by atoms with Gasteiger partial charge in [0.25, 0.3) is 0 Å². The number of aromatic nitrogens is 2. The van der Waals surface area contributed by atoms with Crippen LogP contribution in [0.15, 0.2) is 36.5 Å². The van der Waals surface area contributed by atoms with Crippen LogP contribution >= 0.6 is 0 Å². The fourth-order valence-electron chi connectivity index (χ4n) is 1.51. The van der Waals surface area contributed by atoms with E-state index in [2.05, 4.69) is 15.5 Å². The van der Waals surface area contributed by atoms with E-state index in [1.807, 2.05) is 24.3 Å². The first kappa shape index (κ1) is 11.2. The molecule has 0 saturated heterocycles. The first-order chi connectivity index (χ1) is 8.25. The van der Waals surface area contributed by atoms with Gasteiger partial charge in [0.05, 0.1) is 18.7 Å². The van der Waals surface area contributed by atoms with E-state index in [1.165, 1.54) is 0 Å². The maximum atomic E-state index is 11.7. The maximum absolute atomic E-state index is 11.7. The molecule has 0 atom stereocenters. The second-order valence-electron chi connectivity index (χ2n) is 3.73. The minimum absolute atomic E-state index is 0.0579. The van der Waals surface area contributed by atoms with Crippen molar-refractivity contribution in [3.8, 4) is 0 Å². The van der Waals surface area contributed by atoms with Gasteiger partial charge in [0.1, 0.15) is 0 Å². The smallest absolute Gasteiger partial charge is 0.224 e. The highest BCUT2D eigenvalue weighted by Crippen LogP contribution is 2.10. The van der Waals surface area contributed by atoms with E-state index >= 15 is 0 Å². The van der Waals surface area contributed by atoms with Gasteiger partial charge in [-0.3, -0.25) is 9.89 Å². The van der Waals surface area contributed by atoms with Gasteiger partial charge in [0, 0.05) is 11.9 Å². The standard InChI is InChI=1S/C12H14N4O/c13-11-4-2-1-3-9(11)7-12(17)14-8-10-5-6-15-16-10/h1-6H,7-8,13H2,(H,14,17)(H,15,16). The molecule has 1 aromatic carbocycles. The lowest BCUT2D eigenvalue weighted by Gasteiger charge is -2.06. The summed E-state index contributed by atoms with van der Waals surface area (Å²) >= 11 is 0. The van der Waals surface area contributed by atoms with Crippen LogP contribution in [0.5, 0.6) is 0 Å². The Labute approximate surface area is 99.0 Å². The van der Waals surface area contributed by atoms with Gasteiger partial charge in [-0.1, -0.05) is 18.2 Å². The van der Waals surface area contributed by atoms with Gasteiger partial charge in [-0.15, -0.1) is 0 Å². The van der Waals surface area contributed by atoms with Crippen LogP contribution in [0.3, 0.4) is 0 Å². The molecule has 17 heavy (non-hydrogen) atoms. The molecule has 4 N–H and O–H groups in total. The number of hydrogen-bond acceptors (Lipinski definition) is 3. The molecule has 0 aliphatic rings. The molecule has 0 aliphatic heterocycles. The van der Waals surface area contributed by atoms with E-state index in [9.17, 15) is 4.79 Å². The Morgan fingerprint density at radius 1 is 1.35 bits per heavy atom. The third-order valence-corrected chi connectivity index (χ3v) is 2.44. The monoisotopic (exact) mass is 230 g/mol. The molecule has 0 saturated carbocycles. The highest BCUT2D eigenvalue weighted by Gasteiger charge is 2.05. The van der Waals surface area contributed by atoms with Crippen molar-refractivity contribution in [2.24, 2.45) is 0 Å². The molecule has 0 spiro atoms. The summed E-state index contributed by atoms with van der Waals surface area (Å²) in [5.74, 6) is -0.0579. The number of amides is 1. The quantitative estimate of drug-likeness (QED) is 0.681. The van der Waals surface area contributed by atoms with Crippen molar-refractivity contribution in [3.05, 3.63) is 47.8 Å². The third kappa shape index (κ3) is 3.07. The van der Waals surface area contributed by atoms with Crippen LogP contribution in [0.1, 0.15) is 11.3 Å². The number of nitrogen functional groups attached to an aromatic ring is 1. The Morgan fingerprint density at radius 2 is 2.18 bits per heavy atom. The van der Waals surface area contributed by atoms with Gasteiger partial charge in [0.15, 0.2) is 0 Å². The van der Waals surface area contributed by atoms with E-state index in [1.54, 1.807) is 12.3 Å². The number of carbonyl (C=O) groups excluding carboxylic acids is 1. The Kier molecular flexibility index (Phi) is 3.40. The molecule has 88 valence electrons. The molecule has 0 fully saturated rings. The van der Waals surface area contributed by atoms with Crippen LogP contribution in [-0.2, 0) is 17.8 Å². The molecule has 1 aromatic heterocycles. The summed E-state index contributed by atoms with van der Waals surface area (Å²) in [6, 6.07) is 9.18. The molecule has 1 heterocycles. The SMILES string of the molecule is Nc1ccccc1CC(=O)NCc1ccn[nH]1. The minimum atomic E-state index is -0.0579. The molecular weight excluding hydrogens is 216 g/mol. The predicted octanol–water partition coefficient (Wildman–Crippen LogP) is 0.851. The number of rotatable bonds is 4. The summed E-state index contributed by atoms with van der Waals surface area (Å²) in [6.45, 7) is 0.450. The van der Waals surface area contributed by atoms with Gasteiger partial charge >= 0.3 is 0 Å². The first-order valence-corrected chi connectivity index (χ1v) is 5.34. The molecular formula is C12H14N4O. The van der Waals surface area contributed by atoms with Crippen molar-refractivity contribution in [1.82, 2.24) is 15.5 Å². The van der Waals surface area contributed by atoms with Gasteiger partial charge < -0.3 is 11.1 Å². The number of para-hydroxylation sites is 1. The fourth-order valence-corrected chi connectivity index (χ4v) is 1.51. The van der Waals surface area contributed by atoms with Crippen LogP contribution in [-0.4, -0.2) is 16.1 Å². The minimum Gasteiger partial charge on any atom is -0.398 e. The summed E-state index contributed by atoms with van der Waals surface area (Å²) in [5.41, 5.74) is 8.12. The topological polar surface area (TPSA) is 83.8 Å². The van der Waals surface area contributed by atoms with E-state index in [0.717, 1.165) is 11.3 Å². The number of nitrogens with two attached hydrogens (primary N) is 1. The van der Waals surface area contributed by atoms with E-state index in [4.69, 9.17) is 5.73 Å². The molecule has 1 amide bonds. The molecule has 2 aromatic rings. The zero-order valence-electron chi connectivity index (χ0n) is 9.31. The predicted molar refractivity (Wildman–Crippen MR) is 65.0 cm³/mol.